The van der Waals surface area contributed by atoms with E-state index in [1.165, 1.54) is 0 Å². The molecule has 0 bridgehead atoms. The van der Waals surface area contributed by atoms with Crippen LogP contribution in [0.1, 0.15) is 12.5 Å². The number of aryl methyl sites for hydroxylation is 2. The minimum atomic E-state index is -0.0355. The van der Waals surface area contributed by atoms with Crippen molar-refractivity contribution in [1.29, 1.82) is 0 Å². The van der Waals surface area contributed by atoms with E-state index < -0.39 is 0 Å². The van der Waals surface area contributed by atoms with Gasteiger partial charge in [-0.2, -0.15) is 0 Å². The van der Waals surface area contributed by atoms with E-state index in [9.17, 15) is 4.79 Å². The van der Waals surface area contributed by atoms with Gasteiger partial charge in [0.25, 0.3) is 5.56 Å². The largest absolute Gasteiger partial charge is 0.439 e. The van der Waals surface area contributed by atoms with E-state index in [0.717, 1.165) is 33.3 Å². The molecule has 30 heavy (non-hydrogen) atoms. The summed E-state index contributed by atoms with van der Waals surface area (Å²) in [6, 6.07) is 25.9. The first-order valence-corrected chi connectivity index (χ1v) is 10.1. The third kappa shape index (κ3) is 2.80. The van der Waals surface area contributed by atoms with Crippen LogP contribution in [0, 0.1) is 6.92 Å². The molecule has 5 aromatic rings. The standard InChI is InChI=1S/C26H22N2O2/c1-3-28-21-16-10-8-14-19(21)24-23(26(28)29)22(18-12-5-4-6-13-18)25(30-24)27-20-15-9-7-11-17(20)2/h4-16,27H,3H2,1-2H3. The van der Waals surface area contributed by atoms with Crippen molar-refractivity contribution in [3.63, 3.8) is 0 Å². The third-order valence-electron chi connectivity index (χ3n) is 5.58. The SMILES string of the molecule is CCn1c(=O)c2c(-c3ccccc3)c(Nc3ccccc3C)oc2c2ccccc21. The summed E-state index contributed by atoms with van der Waals surface area (Å²) in [6.07, 6.45) is 0. The Morgan fingerprint density at radius 1 is 0.900 bits per heavy atom. The predicted molar refractivity (Wildman–Crippen MR) is 124 cm³/mol. The van der Waals surface area contributed by atoms with Crippen LogP contribution in [0.2, 0.25) is 0 Å². The van der Waals surface area contributed by atoms with Gasteiger partial charge in [0.2, 0.25) is 5.88 Å². The Balaban J connectivity index is 1.90. The second-order valence-corrected chi connectivity index (χ2v) is 7.38. The second-order valence-electron chi connectivity index (χ2n) is 7.38. The zero-order valence-corrected chi connectivity index (χ0v) is 17.0. The Morgan fingerprint density at radius 3 is 2.37 bits per heavy atom. The van der Waals surface area contributed by atoms with E-state index in [-0.39, 0.29) is 5.56 Å². The maximum absolute atomic E-state index is 13.6. The number of pyridine rings is 1. The van der Waals surface area contributed by atoms with Gasteiger partial charge in [-0.25, -0.2) is 0 Å². The van der Waals surface area contributed by atoms with E-state index >= 15 is 0 Å². The summed E-state index contributed by atoms with van der Waals surface area (Å²) in [5.74, 6) is 0.585. The molecule has 1 N–H and O–H groups in total. The molecule has 3 aromatic carbocycles. The summed E-state index contributed by atoms with van der Waals surface area (Å²) in [7, 11) is 0. The van der Waals surface area contributed by atoms with Crippen molar-refractivity contribution in [2.24, 2.45) is 0 Å². The average molecular weight is 394 g/mol. The molecule has 0 unspecified atom stereocenters. The molecule has 5 rings (SSSR count). The minimum Gasteiger partial charge on any atom is -0.439 e. The number of nitrogens with one attached hydrogen (secondary N) is 1. The number of nitrogens with zero attached hydrogens (tertiary/aromatic N) is 1. The lowest BCUT2D eigenvalue weighted by Gasteiger charge is -2.09. The smallest absolute Gasteiger partial charge is 0.262 e. The van der Waals surface area contributed by atoms with Crippen LogP contribution in [0.15, 0.2) is 88.1 Å². The molecule has 0 amide bonds. The Bertz CT molecular complexity index is 1430. The van der Waals surface area contributed by atoms with Crippen molar-refractivity contribution in [1.82, 2.24) is 4.57 Å². The Morgan fingerprint density at radius 2 is 1.60 bits per heavy atom. The van der Waals surface area contributed by atoms with Gasteiger partial charge in [-0.1, -0.05) is 60.7 Å². The zero-order chi connectivity index (χ0) is 20.7. The molecule has 2 aromatic heterocycles. The Labute approximate surface area is 174 Å². The lowest BCUT2D eigenvalue weighted by molar-refractivity contribution is 0.637. The molecule has 2 heterocycles. The van der Waals surface area contributed by atoms with Gasteiger partial charge in [0.05, 0.1) is 16.5 Å². The maximum Gasteiger partial charge on any atom is 0.262 e. The van der Waals surface area contributed by atoms with Crippen molar-refractivity contribution in [3.8, 4) is 11.1 Å². The van der Waals surface area contributed by atoms with Crippen molar-refractivity contribution >= 4 is 33.4 Å². The molecule has 0 atom stereocenters. The number of anilines is 2. The van der Waals surface area contributed by atoms with E-state index in [4.69, 9.17) is 4.42 Å². The number of hydrogen-bond acceptors (Lipinski definition) is 3. The normalized spacial score (nSPS) is 11.3. The molecule has 0 aliphatic carbocycles. The molecule has 0 fully saturated rings. The van der Waals surface area contributed by atoms with Crippen LogP contribution in [0.3, 0.4) is 0 Å². The fourth-order valence-corrected chi connectivity index (χ4v) is 4.09. The van der Waals surface area contributed by atoms with Crippen LogP contribution < -0.4 is 10.9 Å². The maximum atomic E-state index is 13.6. The van der Waals surface area contributed by atoms with Crippen molar-refractivity contribution < 1.29 is 4.42 Å². The molecule has 4 heteroatoms. The molecular weight excluding hydrogens is 372 g/mol. The van der Waals surface area contributed by atoms with Crippen LogP contribution in [-0.4, -0.2) is 4.57 Å². The predicted octanol–water partition coefficient (Wildman–Crippen LogP) is 6.49. The first kappa shape index (κ1) is 18.3. The quantitative estimate of drug-likeness (QED) is 0.379. The highest BCUT2D eigenvalue weighted by molar-refractivity contribution is 6.11. The van der Waals surface area contributed by atoms with Gasteiger partial charge in [0, 0.05) is 17.6 Å². The monoisotopic (exact) mass is 394 g/mol. The number of hydrogen-bond donors (Lipinski definition) is 1. The van der Waals surface area contributed by atoms with Gasteiger partial charge in [-0.3, -0.25) is 4.79 Å². The van der Waals surface area contributed by atoms with Gasteiger partial charge in [-0.05, 0) is 43.2 Å². The average Bonchev–Trinajstić information content (AvgIpc) is 3.16. The summed E-state index contributed by atoms with van der Waals surface area (Å²) in [5, 5.41) is 4.99. The number of para-hydroxylation sites is 2. The van der Waals surface area contributed by atoms with Crippen LogP contribution in [0.25, 0.3) is 33.0 Å². The third-order valence-corrected chi connectivity index (χ3v) is 5.58. The van der Waals surface area contributed by atoms with Crippen LogP contribution in [0.5, 0.6) is 0 Å². The Hall–Kier alpha value is -3.79. The van der Waals surface area contributed by atoms with E-state index in [1.807, 2.05) is 97.3 Å². The highest BCUT2D eigenvalue weighted by Gasteiger charge is 2.23. The fraction of sp³-hybridized carbons (Fsp3) is 0.115. The van der Waals surface area contributed by atoms with Crippen molar-refractivity contribution in [3.05, 3.63) is 94.8 Å². The van der Waals surface area contributed by atoms with Crippen LogP contribution >= 0.6 is 0 Å². The molecule has 0 saturated carbocycles. The minimum absolute atomic E-state index is 0.0355. The lowest BCUT2D eigenvalue weighted by atomic mass is 10.0. The number of furan rings is 1. The van der Waals surface area contributed by atoms with Gasteiger partial charge in [0.1, 0.15) is 0 Å². The van der Waals surface area contributed by atoms with Gasteiger partial charge in [0.15, 0.2) is 5.58 Å². The number of aromatic nitrogens is 1. The summed E-state index contributed by atoms with van der Waals surface area (Å²) in [6.45, 7) is 4.64. The van der Waals surface area contributed by atoms with Gasteiger partial charge >= 0.3 is 0 Å². The summed E-state index contributed by atoms with van der Waals surface area (Å²) < 4.78 is 8.20. The summed E-state index contributed by atoms with van der Waals surface area (Å²) in [5.41, 5.74) is 5.27. The van der Waals surface area contributed by atoms with E-state index in [1.54, 1.807) is 0 Å². The number of benzene rings is 3. The molecule has 0 aliphatic rings. The topological polar surface area (TPSA) is 47.2 Å². The highest BCUT2D eigenvalue weighted by Crippen LogP contribution is 2.41. The summed E-state index contributed by atoms with van der Waals surface area (Å²) in [4.78, 5) is 13.6. The van der Waals surface area contributed by atoms with Gasteiger partial charge in [-0.15, -0.1) is 0 Å². The second kappa shape index (κ2) is 7.23. The Kier molecular flexibility index (Phi) is 4.40. The van der Waals surface area contributed by atoms with Crippen molar-refractivity contribution in [2.45, 2.75) is 20.4 Å². The molecule has 0 saturated heterocycles. The molecule has 4 nitrogen and oxygen atoms in total. The van der Waals surface area contributed by atoms with Gasteiger partial charge < -0.3 is 14.3 Å². The van der Waals surface area contributed by atoms with Crippen LogP contribution in [-0.2, 0) is 6.54 Å². The zero-order valence-electron chi connectivity index (χ0n) is 17.0. The molecule has 0 aliphatic heterocycles. The van der Waals surface area contributed by atoms with E-state index in [2.05, 4.69) is 5.32 Å². The van der Waals surface area contributed by atoms with Crippen LogP contribution in [0.4, 0.5) is 11.6 Å². The van der Waals surface area contributed by atoms with Crippen molar-refractivity contribution in [2.75, 3.05) is 5.32 Å². The fourth-order valence-electron chi connectivity index (χ4n) is 4.09. The molecular formula is C26H22N2O2. The first-order valence-electron chi connectivity index (χ1n) is 10.1. The van der Waals surface area contributed by atoms with E-state index in [0.29, 0.717) is 23.4 Å². The number of fused-ring (bicyclic) bond motifs is 3. The number of rotatable bonds is 4. The lowest BCUT2D eigenvalue weighted by Crippen LogP contribution is -2.19. The molecule has 148 valence electrons. The first-order chi connectivity index (χ1) is 14.7. The molecule has 0 spiro atoms. The summed E-state index contributed by atoms with van der Waals surface area (Å²) >= 11 is 0. The highest BCUT2D eigenvalue weighted by atomic mass is 16.4. The molecule has 0 radical (unpaired) electrons.